The minimum Gasteiger partial charge on any atom is -0.497 e. The normalized spacial score (nSPS) is 22.1. The number of alkyl carbamates (subject to hydrolysis) is 1. The first-order valence-corrected chi connectivity index (χ1v) is 11.3. The number of amides is 1. The number of benzene rings is 3. The Morgan fingerprint density at radius 3 is 2.41 bits per heavy atom. The van der Waals surface area contributed by atoms with Crippen LogP contribution in [0.3, 0.4) is 0 Å². The summed E-state index contributed by atoms with van der Waals surface area (Å²) >= 11 is 0. The average molecular weight is 465 g/mol. The third kappa shape index (κ3) is 4.75. The summed E-state index contributed by atoms with van der Waals surface area (Å²) in [4.78, 5) is 14.6. The van der Waals surface area contributed by atoms with E-state index in [1.807, 2.05) is 36.4 Å². The second-order valence-electron chi connectivity index (χ2n) is 8.90. The van der Waals surface area contributed by atoms with E-state index in [-0.39, 0.29) is 12.5 Å². The Hall–Kier alpha value is -3.45. The molecule has 0 aliphatic carbocycles. The average Bonchev–Trinajstić information content (AvgIpc) is 3.18. The van der Waals surface area contributed by atoms with Gasteiger partial charge in [0, 0.05) is 19.2 Å². The Bertz CT molecular complexity index is 1160. The number of rotatable bonds is 6. The molecule has 0 bridgehead atoms. The molecule has 5 rings (SSSR count). The molecule has 7 heteroatoms. The molecule has 3 atom stereocenters. The molecule has 0 saturated carbocycles. The van der Waals surface area contributed by atoms with Crippen LogP contribution in [0, 0.1) is 11.6 Å². The molecule has 1 N–H and O–H groups in total. The maximum atomic E-state index is 13.8. The van der Waals surface area contributed by atoms with Gasteiger partial charge in [-0.3, -0.25) is 4.90 Å². The number of methoxy groups -OCH3 is 1. The lowest BCUT2D eigenvalue weighted by molar-refractivity contribution is 0.0305. The summed E-state index contributed by atoms with van der Waals surface area (Å²) < 4.78 is 38.6. The maximum absolute atomic E-state index is 13.8. The molecule has 0 unspecified atom stereocenters. The van der Waals surface area contributed by atoms with Crippen molar-refractivity contribution in [3.8, 4) is 5.75 Å². The summed E-state index contributed by atoms with van der Waals surface area (Å²) in [6.45, 7) is 1.38. The van der Waals surface area contributed by atoms with E-state index in [0.717, 1.165) is 17.4 Å². The van der Waals surface area contributed by atoms with Gasteiger partial charge in [-0.1, -0.05) is 36.4 Å². The fourth-order valence-electron chi connectivity index (χ4n) is 5.03. The van der Waals surface area contributed by atoms with Crippen molar-refractivity contribution >= 4 is 6.09 Å². The van der Waals surface area contributed by atoms with E-state index in [4.69, 9.17) is 9.47 Å². The van der Waals surface area contributed by atoms with E-state index in [0.29, 0.717) is 25.1 Å². The van der Waals surface area contributed by atoms with Gasteiger partial charge in [-0.15, -0.1) is 0 Å². The summed E-state index contributed by atoms with van der Waals surface area (Å²) in [5.41, 5.74) is 4.06. The molecule has 2 aliphatic heterocycles. The van der Waals surface area contributed by atoms with Crippen molar-refractivity contribution in [1.82, 2.24) is 10.2 Å². The molecule has 1 fully saturated rings. The van der Waals surface area contributed by atoms with Crippen molar-refractivity contribution in [1.29, 1.82) is 0 Å². The molecule has 0 radical (unpaired) electrons. The van der Waals surface area contributed by atoms with Gasteiger partial charge in [0.2, 0.25) is 0 Å². The van der Waals surface area contributed by atoms with Crippen molar-refractivity contribution in [3.05, 3.63) is 101 Å². The van der Waals surface area contributed by atoms with E-state index in [1.165, 1.54) is 23.3 Å². The lowest BCUT2D eigenvalue weighted by atomic mass is 9.87. The molecular weight excluding hydrogens is 438 g/mol. The smallest absolute Gasteiger partial charge is 0.407 e. The van der Waals surface area contributed by atoms with E-state index in [1.54, 1.807) is 7.11 Å². The molecule has 5 nitrogen and oxygen atoms in total. The van der Waals surface area contributed by atoms with Crippen LogP contribution >= 0.6 is 0 Å². The number of nitrogens with zero attached hydrogens (tertiary/aromatic N) is 1. The Balaban J connectivity index is 1.43. The highest BCUT2D eigenvalue weighted by atomic mass is 19.1. The number of hydrogen-bond donors (Lipinski definition) is 1. The van der Waals surface area contributed by atoms with E-state index in [2.05, 4.69) is 22.3 Å². The predicted molar refractivity (Wildman–Crippen MR) is 123 cm³/mol. The quantitative estimate of drug-likeness (QED) is 0.579. The van der Waals surface area contributed by atoms with E-state index >= 15 is 0 Å². The van der Waals surface area contributed by atoms with Crippen LogP contribution in [0.25, 0.3) is 0 Å². The Morgan fingerprint density at radius 2 is 1.71 bits per heavy atom. The zero-order valence-electron chi connectivity index (χ0n) is 18.8. The van der Waals surface area contributed by atoms with Crippen LogP contribution < -0.4 is 10.1 Å². The van der Waals surface area contributed by atoms with Gasteiger partial charge in [0.1, 0.15) is 23.5 Å². The van der Waals surface area contributed by atoms with Gasteiger partial charge in [-0.25, -0.2) is 13.6 Å². The highest BCUT2D eigenvalue weighted by Crippen LogP contribution is 2.31. The molecule has 2 aliphatic rings. The maximum Gasteiger partial charge on any atom is 0.407 e. The predicted octanol–water partition coefficient (Wildman–Crippen LogP) is 4.62. The number of ether oxygens (including phenoxy) is 2. The van der Waals surface area contributed by atoms with Gasteiger partial charge in [-0.05, 0) is 59.4 Å². The van der Waals surface area contributed by atoms with Crippen LogP contribution in [-0.4, -0.2) is 36.3 Å². The molecule has 0 spiro atoms. The molecule has 1 amide bonds. The molecule has 3 aromatic rings. The van der Waals surface area contributed by atoms with Gasteiger partial charge in [0.15, 0.2) is 0 Å². The second-order valence-corrected chi connectivity index (χ2v) is 8.90. The van der Waals surface area contributed by atoms with Crippen molar-refractivity contribution < 1.29 is 23.0 Å². The SMILES string of the molecule is COc1ccc(CN2Cc3ccccc3C[C@@H]2[C@H]2OC(=O)N[C@H]2Cc2cc(F)cc(F)c2)cc1. The topological polar surface area (TPSA) is 50.8 Å². The van der Waals surface area contributed by atoms with Crippen molar-refractivity contribution in [3.63, 3.8) is 0 Å². The van der Waals surface area contributed by atoms with Crippen LogP contribution in [0.4, 0.5) is 13.6 Å². The zero-order chi connectivity index (χ0) is 23.7. The van der Waals surface area contributed by atoms with E-state index in [9.17, 15) is 13.6 Å². The molecular formula is C27H26F2N2O3. The van der Waals surface area contributed by atoms with Gasteiger partial charge < -0.3 is 14.8 Å². The molecule has 1 saturated heterocycles. The van der Waals surface area contributed by atoms with Crippen molar-refractivity contribution in [2.45, 2.75) is 44.1 Å². The summed E-state index contributed by atoms with van der Waals surface area (Å²) in [6.07, 6.45) is 0.0140. The third-order valence-electron chi connectivity index (χ3n) is 6.63. The van der Waals surface area contributed by atoms with Gasteiger partial charge in [0.05, 0.1) is 19.2 Å². The number of cyclic esters (lactones) is 1. The molecule has 34 heavy (non-hydrogen) atoms. The minimum absolute atomic E-state index is 0.0978. The summed E-state index contributed by atoms with van der Waals surface area (Å²) in [5.74, 6) is -0.477. The molecule has 3 aromatic carbocycles. The van der Waals surface area contributed by atoms with Crippen LogP contribution in [0.5, 0.6) is 5.75 Å². The Morgan fingerprint density at radius 1 is 1.00 bits per heavy atom. The zero-order valence-corrected chi connectivity index (χ0v) is 18.8. The van der Waals surface area contributed by atoms with Crippen molar-refractivity contribution in [2.75, 3.05) is 7.11 Å². The van der Waals surface area contributed by atoms with Crippen molar-refractivity contribution in [2.24, 2.45) is 0 Å². The summed E-state index contributed by atoms with van der Waals surface area (Å²) in [5, 5.41) is 2.86. The largest absolute Gasteiger partial charge is 0.497 e. The Labute approximate surface area is 197 Å². The number of fused-ring (bicyclic) bond motifs is 1. The lowest BCUT2D eigenvalue weighted by Gasteiger charge is -2.40. The minimum atomic E-state index is -0.635. The number of hydrogen-bond acceptors (Lipinski definition) is 4. The first-order valence-electron chi connectivity index (χ1n) is 11.3. The van der Waals surface area contributed by atoms with Crippen LogP contribution in [0.1, 0.15) is 22.3 Å². The van der Waals surface area contributed by atoms with Gasteiger partial charge >= 0.3 is 6.09 Å². The number of halogens is 2. The van der Waals surface area contributed by atoms with Crippen LogP contribution in [0.15, 0.2) is 66.7 Å². The lowest BCUT2D eigenvalue weighted by Crippen LogP contribution is -2.52. The molecule has 2 heterocycles. The highest BCUT2D eigenvalue weighted by molar-refractivity contribution is 5.70. The first kappa shape index (κ1) is 22.3. The number of nitrogens with one attached hydrogen (secondary N) is 1. The fourth-order valence-corrected chi connectivity index (χ4v) is 5.03. The third-order valence-corrected chi connectivity index (χ3v) is 6.63. The number of carbonyl (C=O) groups is 1. The van der Waals surface area contributed by atoms with Gasteiger partial charge in [-0.2, -0.15) is 0 Å². The summed E-state index contributed by atoms with van der Waals surface area (Å²) in [7, 11) is 1.64. The van der Waals surface area contributed by atoms with Crippen LogP contribution in [-0.2, 0) is 30.7 Å². The highest BCUT2D eigenvalue weighted by Gasteiger charge is 2.43. The first-order chi connectivity index (χ1) is 16.5. The van der Waals surface area contributed by atoms with Gasteiger partial charge in [0.25, 0.3) is 0 Å². The fraction of sp³-hybridized carbons (Fsp3) is 0.296. The van der Waals surface area contributed by atoms with E-state index < -0.39 is 29.9 Å². The molecule has 0 aromatic heterocycles. The summed E-state index contributed by atoms with van der Waals surface area (Å²) in [6, 6.07) is 19.1. The molecule has 176 valence electrons. The Kier molecular flexibility index (Phi) is 6.20. The second kappa shape index (κ2) is 9.43. The standard InChI is InChI=1S/C27H26F2N2O3/c1-33-23-8-6-17(7-9-23)15-31-16-20-5-3-2-4-19(20)13-25(31)26-24(30-27(32)34-26)12-18-10-21(28)14-22(29)11-18/h2-11,14,24-26H,12-13,15-16H2,1H3,(H,30,32)/t24-,25+,26-/m0/s1. The van der Waals surface area contributed by atoms with Crippen LogP contribution in [0.2, 0.25) is 0 Å². The number of carbonyl (C=O) groups excluding carboxylic acids is 1. The monoisotopic (exact) mass is 464 g/mol.